The Morgan fingerprint density at radius 1 is 0.952 bits per heavy atom. The minimum Gasteiger partial charge on any atom is -0.252 e. The zero-order valence-corrected chi connectivity index (χ0v) is 11.2. The highest BCUT2D eigenvalue weighted by Gasteiger charge is 2.30. The molecule has 106 valence electrons. The summed E-state index contributed by atoms with van der Waals surface area (Å²) >= 11 is 5.94. The van der Waals surface area contributed by atoms with E-state index in [2.05, 4.69) is 15.0 Å². The van der Waals surface area contributed by atoms with Gasteiger partial charge >= 0.3 is 6.18 Å². The number of alkyl halides is 3. The van der Waals surface area contributed by atoms with Gasteiger partial charge in [-0.15, -0.1) is 0 Å². The molecule has 0 spiro atoms. The number of nitrogens with zero attached hydrogens (tertiary/aromatic N) is 3. The first-order valence-electron chi connectivity index (χ1n) is 5.90. The van der Waals surface area contributed by atoms with Gasteiger partial charge in [-0.05, 0) is 18.2 Å². The molecule has 0 aliphatic carbocycles. The molecule has 21 heavy (non-hydrogen) atoms. The fraction of sp³-hybridized carbons (Fsp3) is 0.0714. The Hall–Kier alpha value is -2.21. The van der Waals surface area contributed by atoms with Crippen LogP contribution in [0.3, 0.4) is 0 Å². The van der Waals surface area contributed by atoms with Crippen molar-refractivity contribution in [1.82, 2.24) is 15.0 Å². The topological polar surface area (TPSA) is 38.7 Å². The highest BCUT2D eigenvalue weighted by Crippen LogP contribution is 2.31. The summed E-state index contributed by atoms with van der Waals surface area (Å²) in [6, 6.07) is 6.37. The van der Waals surface area contributed by atoms with E-state index in [4.69, 9.17) is 11.6 Å². The van der Waals surface area contributed by atoms with Crippen molar-refractivity contribution in [1.29, 1.82) is 0 Å². The first-order valence-corrected chi connectivity index (χ1v) is 6.28. The molecule has 0 bridgehead atoms. The van der Waals surface area contributed by atoms with Crippen LogP contribution < -0.4 is 0 Å². The Kier molecular flexibility index (Phi) is 3.25. The summed E-state index contributed by atoms with van der Waals surface area (Å²) < 4.78 is 37.6. The smallest absolute Gasteiger partial charge is 0.252 e. The van der Waals surface area contributed by atoms with Gasteiger partial charge in [-0.25, -0.2) is 9.97 Å². The Balaban J connectivity index is 2.06. The van der Waals surface area contributed by atoms with Gasteiger partial charge in [-0.1, -0.05) is 23.7 Å². The molecule has 3 aromatic rings. The summed E-state index contributed by atoms with van der Waals surface area (Å²) in [5, 5.41) is 0.203. The summed E-state index contributed by atoms with van der Waals surface area (Å²) in [6.45, 7) is 0. The Labute approximate surface area is 122 Å². The second-order valence-corrected chi connectivity index (χ2v) is 4.66. The lowest BCUT2D eigenvalue weighted by Gasteiger charge is -2.07. The van der Waals surface area contributed by atoms with Crippen molar-refractivity contribution in [3.63, 3.8) is 0 Å². The molecule has 7 heteroatoms. The summed E-state index contributed by atoms with van der Waals surface area (Å²) in [5.41, 5.74) is 1.24. The lowest BCUT2D eigenvalue weighted by atomic mass is 10.1. The van der Waals surface area contributed by atoms with Crippen molar-refractivity contribution in [2.24, 2.45) is 0 Å². The average Bonchev–Trinajstić information content (AvgIpc) is 2.47. The minimum atomic E-state index is -4.36. The van der Waals surface area contributed by atoms with Crippen LogP contribution >= 0.6 is 11.6 Å². The van der Waals surface area contributed by atoms with E-state index in [1.54, 1.807) is 6.07 Å². The predicted molar refractivity (Wildman–Crippen MR) is 72.8 cm³/mol. The number of halogens is 4. The summed E-state index contributed by atoms with van der Waals surface area (Å²) in [7, 11) is 0. The monoisotopic (exact) mass is 309 g/mol. The number of fused-ring (bicyclic) bond motifs is 1. The number of hydrogen-bond acceptors (Lipinski definition) is 3. The largest absolute Gasteiger partial charge is 0.416 e. The molecular weight excluding hydrogens is 303 g/mol. The third kappa shape index (κ3) is 2.67. The maximum atomic E-state index is 12.5. The van der Waals surface area contributed by atoms with Gasteiger partial charge in [0.25, 0.3) is 0 Å². The normalized spacial score (nSPS) is 11.8. The van der Waals surface area contributed by atoms with E-state index in [1.807, 2.05) is 0 Å². The first-order chi connectivity index (χ1) is 9.95. The van der Waals surface area contributed by atoms with E-state index in [-0.39, 0.29) is 5.15 Å². The van der Waals surface area contributed by atoms with Gasteiger partial charge in [0, 0.05) is 11.8 Å². The van der Waals surface area contributed by atoms with E-state index in [0.29, 0.717) is 22.3 Å². The fourth-order valence-corrected chi connectivity index (χ4v) is 2.07. The van der Waals surface area contributed by atoms with Gasteiger partial charge in [0.1, 0.15) is 5.52 Å². The van der Waals surface area contributed by atoms with Gasteiger partial charge in [0.05, 0.1) is 23.0 Å². The van der Waals surface area contributed by atoms with E-state index < -0.39 is 11.7 Å². The van der Waals surface area contributed by atoms with E-state index >= 15 is 0 Å². The highest BCUT2D eigenvalue weighted by molar-refractivity contribution is 6.33. The second-order valence-electron chi connectivity index (χ2n) is 4.30. The van der Waals surface area contributed by atoms with E-state index in [9.17, 15) is 13.2 Å². The maximum absolute atomic E-state index is 12.5. The van der Waals surface area contributed by atoms with Crippen molar-refractivity contribution < 1.29 is 13.2 Å². The number of hydrogen-bond donors (Lipinski definition) is 0. The van der Waals surface area contributed by atoms with Crippen LogP contribution in [0.5, 0.6) is 0 Å². The molecule has 1 aromatic carbocycles. The molecule has 0 atom stereocenters. The van der Waals surface area contributed by atoms with Crippen LogP contribution in [0.1, 0.15) is 5.56 Å². The number of rotatable bonds is 1. The van der Waals surface area contributed by atoms with Gasteiger partial charge in [0.15, 0.2) is 5.15 Å². The quantitative estimate of drug-likeness (QED) is 0.627. The van der Waals surface area contributed by atoms with Gasteiger partial charge in [0.2, 0.25) is 0 Å². The molecule has 0 fully saturated rings. The molecule has 0 unspecified atom stereocenters. The number of pyridine rings is 1. The van der Waals surface area contributed by atoms with Crippen molar-refractivity contribution in [2.75, 3.05) is 0 Å². The van der Waals surface area contributed by atoms with E-state index in [1.165, 1.54) is 24.5 Å². The van der Waals surface area contributed by atoms with Crippen molar-refractivity contribution in [3.8, 4) is 11.3 Å². The minimum absolute atomic E-state index is 0.203. The molecule has 0 saturated heterocycles. The molecule has 0 N–H and O–H groups in total. The standard InChI is InChI=1S/C14H7ClF3N3/c15-13-12-10(5-6-19-13)20-7-11(21-12)8-1-3-9(4-2-8)14(16,17)18/h1-7H. The van der Waals surface area contributed by atoms with Crippen LogP contribution in [0.15, 0.2) is 42.7 Å². The van der Waals surface area contributed by atoms with Crippen LogP contribution in [0.2, 0.25) is 5.15 Å². The lowest BCUT2D eigenvalue weighted by Crippen LogP contribution is -2.04. The van der Waals surface area contributed by atoms with E-state index in [0.717, 1.165) is 12.1 Å². The second kappa shape index (κ2) is 4.96. The molecule has 3 nitrogen and oxygen atoms in total. The van der Waals surface area contributed by atoms with Crippen LogP contribution in [0.4, 0.5) is 13.2 Å². The van der Waals surface area contributed by atoms with Gasteiger partial charge in [-0.2, -0.15) is 13.2 Å². The Bertz CT molecular complexity index is 801. The van der Waals surface area contributed by atoms with Crippen LogP contribution in [-0.2, 0) is 6.18 Å². The number of benzene rings is 1. The van der Waals surface area contributed by atoms with Crippen molar-refractivity contribution >= 4 is 22.6 Å². The molecule has 3 rings (SSSR count). The molecule has 0 radical (unpaired) electrons. The maximum Gasteiger partial charge on any atom is 0.416 e. The molecule has 0 aliphatic rings. The van der Waals surface area contributed by atoms with Crippen molar-refractivity contribution in [3.05, 3.63) is 53.4 Å². The molecule has 2 heterocycles. The summed E-state index contributed by atoms with van der Waals surface area (Å²) in [4.78, 5) is 12.4. The first kappa shape index (κ1) is 13.8. The van der Waals surface area contributed by atoms with Crippen LogP contribution in [0.25, 0.3) is 22.3 Å². The third-order valence-corrected chi connectivity index (χ3v) is 3.20. The third-order valence-electron chi connectivity index (χ3n) is 2.92. The van der Waals surface area contributed by atoms with Crippen LogP contribution in [-0.4, -0.2) is 15.0 Å². The Morgan fingerprint density at radius 2 is 1.67 bits per heavy atom. The SMILES string of the molecule is FC(F)(F)c1ccc(-c2cnc3ccnc(Cl)c3n2)cc1. The molecule has 0 saturated carbocycles. The number of aromatic nitrogens is 3. The summed E-state index contributed by atoms with van der Waals surface area (Å²) in [6.07, 6.45) is -1.36. The molecule has 0 aliphatic heterocycles. The molecular formula is C14H7ClF3N3. The average molecular weight is 310 g/mol. The summed E-state index contributed by atoms with van der Waals surface area (Å²) in [5.74, 6) is 0. The lowest BCUT2D eigenvalue weighted by molar-refractivity contribution is -0.137. The zero-order valence-electron chi connectivity index (χ0n) is 10.4. The predicted octanol–water partition coefficient (Wildman–Crippen LogP) is 4.36. The Morgan fingerprint density at radius 3 is 2.33 bits per heavy atom. The molecule has 0 amide bonds. The van der Waals surface area contributed by atoms with Crippen molar-refractivity contribution in [2.45, 2.75) is 6.18 Å². The zero-order chi connectivity index (χ0) is 15.0. The van der Waals surface area contributed by atoms with Gasteiger partial charge in [-0.3, -0.25) is 4.98 Å². The fourth-order valence-electron chi connectivity index (χ4n) is 1.88. The van der Waals surface area contributed by atoms with Gasteiger partial charge < -0.3 is 0 Å². The highest BCUT2D eigenvalue weighted by atomic mass is 35.5. The molecule has 2 aromatic heterocycles. The van der Waals surface area contributed by atoms with Crippen LogP contribution in [0, 0.1) is 0 Å².